The molecule has 6 rings (SSSR count). The van der Waals surface area contributed by atoms with E-state index >= 15 is 0 Å². The molecule has 3 saturated heterocycles. The molecule has 0 saturated carbocycles. The number of fused-ring (bicyclic) bond motifs is 2. The number of carbonyl (C=O) groups is 3. The van der Waals surface area contributed by atoms with Crippen molar-refractivity contribution in [2.45, 2.75) is 35.4 Å². The maximum Gasteiger partial charge on any atom is 0.251 e. The monoisotopic (exact) mass is 595 g/mol. The van der Waals surface area contributed by atoms with Gasteiger partial charge in [0.2, 0.25) is 11.8 Å². The fourth-order valence-corrected chi connectivity index (χ4v) is 9.62. The van der Waals surface area contributed by atoms with Crippen molar-refractivity contribution in [1.82, 2.24) is 9.80 Å². The lowest BCUT2D eigenvalue weighted by Gasteiger charge is -2.37. The first-order valence-corrected chi connectivity index (χ1v) is 15.8. The molecule has 2 unspecified atom stereocenters. The average molecular weight is 596 g/mol. The van der Waals surface area contributed by atoms with Crippen LogP contribution in [0.1, 0.15) is 18.4 Å². The topological polar surface area (TPSA) is 81.2 Å². The lowest BCUT2D eigenvalue weighted by atomic mass is 9.70. The predicted molar refractivity (Wildman–Crippen MR) is 171 cm³/mol. The number of benzene rings is 3. The molecule has 3 aliphatic heterocycles. The summed E-state index contributed by atoms with van der Waals surface area (Å²) in [5.41, 5.74) is 1.73. The summed E-state index contributed by atoms with van der Waals surface area (Å²) in [6.07, 6.45) is 4.83. The minimum atomic E-state index is -0.793. The van der Waals surface area contributed by atoms with Crippen LogP contribution in [0.2, 0.25) is 0 Å². The van der Waals surface area contributed by atoms with Crippen molar-refractivity contribution < 1.29 is 19.5 Å². The Morgan fingerprint density at radius 1 is 0.977 bits per heavy atom. The summed E-state index contributed by atoms with van der Waals surface area (Å²) in [5, 5.41) is 12.0. The Kier molecular flexibility index (Phi) is 8.16. The van der Waals surface area contributed by atoms with Crippen molar-refractivity contribution in [3.05, 3.63) is 104 Å². The molecule has 5 atom stereocenters. The van der Waals surface area contributed by atoms with Crippen LogP contribution in [0, 0.1) is 11.8 Å². The number of β-amino-alcohol motifs (C(OH)–C–C–N with tert-alkyl or cyclic N) is 1. The SMILES string of the molecule is C=CCN(Cc1ccccc1)C(=O)[C@@H]1[C@@H]2CCC3(S2)C(C(=O)N(CC=C)c2ccc4ccccc4c2)N(CCO)C(=O)[C@H]13. The van der Waals surface area contributed by atoms with Crippen LogP contribution in [0.15, 0.2) is 98.1 Å². The van der Waals surface area contributed by atoms with Gasteiger partial charge in [-0.2, -0.15) is 0 Å². The molecule has 3 fully saturated rings. The highest BCUT2D eigenvalue weighted by Gasteiger charge is 2.74. The van der Waals surface area contributed by atoms with E-state index in [0.717, 1.165) is 28.4 Å². The number of amides is 3. The standard InChI is InChI=1S/C35H37N3O4S/c1-3-18-36(23-24-10-6-5-7-11-24)32(40)29-28-16-17-35(43-28)30(29)33(41)38(20-21-39)31(35)34(42)37(19-4-2)27-15-14-25-12-8-9-13-26(25)22-27/h3-15,22,28-31,39H,1-2,16-21,23H2/t28-,29+,30-,31?,35?/m0/s1. The second-order valence-electron chi connectivity index (χ2n) is 11.6. The minimum absolute atomic E-state index is 0.0413. The van der Waals surface area contributed by atoms with E-state index in [-0.39, 0.29) is 42.7 Å². The average Bonchev–Trinajstić information content (AvgIpc) is 3.67. The maximum absolute atomic E-state index is 14.7. The van der Waals surface area contributed by atoms with Crippen molar-refractivity contribution in [1.29, 1.82) is 0 Å². The summed E-state index contributed by atoms with van der Waals surface area (Å²) in [7, 11) is 0. The summed E-state index contributed by atoms with van der Waals surface area (Å²) in [4.78, 5) is 48.2. The zero-order valence-corrected chi connectivity index (χ0v) is 25.0. The minimum Gasteiger partial charge on any atom is -0.395 e. The van der Waals surface area contributed by atoms with E-state index in [1.165, 1.54) is 0 Å². The molecule has 3 aliphatic rings. The molecule has 3 heterocycles. The second-order valence-corrected chi connectivity index (χ2v) is 13.2. The van der Waals surface area contributed by atoms with E-state index in [4.69, 9.17) is 0 Å². The first-order valence-electron chi connectivity index (χ1n) is 14.9. The van der Waals surface area contributed by atoms with Gasteiger partial charge in [-0.15, -0.1) is 24.9 Å². The van der Waals surface area contributed by atoms with Gasteiger partial charge in [-0.25, -0.2) is 0 Å². The molecule has 0 aliphatic carbocycles. The van der Waals surface area contributed by atoms with Crippen molar-refractivity contribution >= 4 is 45.9 Å². The Morgan fingerprint density at radius 3 is 2.42 bits per heavy atom. The Bertz CT molecular complexity index is 1560. The normalized spacial score (nSPS) is 25.5. The molecule has 3 aromatic rings. The highest BCUT2D eigenvalue weighted by Crippen LogP contribution is 2.66. The molecule has 222 valence electrons. The number of anilines is 1. The first-order chi connectivity index (χ1) is 20.9. The van der Waals surface area contributed by atoms with E-state index in [9.17, 15) is 19.5 Å². The highest BCUT2D eigenvalue weighted by atomic mass is 32.2. The van der Waals surface area contributed by atoms with Crippen molar-refractivity contribution in [3.8, 4) is 0 Å². The Balaban J connectivity index is 1.36. The summed E-state index contributed by atoms with van der Waals surface area (Å²) < 4.78 is -0.739. The number of aliphatic hydroxyl groups is 1. The molecule has 0 radical (unpaired) electrons. The van der Waals surface area contributed by atoms with E-state index in [1.54, 1.807) is 38.6 Å². The van der Waals surface area contributed by atoms with Crippen LogP contribution < -0.4 is 4.90 Å². The fraction of sp³-hybridized carbons (Fsp3) is 0.343. The molecule has 3 aromatic carbocycles. The van der Waals surface area contributed by atoms with Gasteiger partial charge in [0, 0.05) is 37.1 Å². The number of rotatable bonds is 11. The smallest absolute Gasteiger partial charge is 0.251 e. The third kappa shape index (κ3) is 4.96. The Morgan fingerprint density at radius 2 is 1.70 bits per heavy atom. The van der Waals surface area contributed by atoms with Gasteiger partial charge < -0.3 is 19.8 Å². The van der Waals surface area contributed by atoms with Crippen LogP contribution in [0.5, 0.6) is 0 Å². The number of nitrogens with zero attached hydrogens (tertiary/aromatic N) is 3. The molecule has 1 N–H and O–H groups in total. The molecule has 3 amide bonds. The van der Waals surface area contributed by atoms with E-state index in [2.05, 4.69) is 13.2 Å². The van der Waals surface area contributed by atoms with Crippen LogP contribution in [-0.4, -0.2) is 74.9 Å². The Labute approximate surface area is 256 Å². The van der Waals surface area contributed by atoms with Crippen molar-refractivity contribution in [3.63, 3.8) is 0 Å². The molecule has 1 spiro atoms. The van der Waals surface area contributed by atoms with E-state index in [1.807, 2.05) is 72.8 Å². The number of hydrogen-bond donors (Lipinski definition) is 1. The van der Waals surface area contributed by atoms with Gasteiger partial charge >= 0.3 is 0 Å². The molecule has 7 nitrogen and oxygen atoms in total. The maximum atomic E-state index is 14.7. The summed E-state index contributed by atoms with van der Waals surface area (Å²) in [6.45, 7) is 8.62. The summed E-state index contributed by atoms with van der Waals surface area (Å²) >= 11 is 1.64. The molecule has 8 heteroatoms. The summed E-state index contributed by atoms with van der Waals surface area (Å²) in [6, 6.07) is 22.9. The first kappa shape index (κ1) is 29.2. The zero-order valence-electron chi connectivity index (χ0n) is 24.2. The molecular formula is C35H37N3O4S. The number of thioether (sulfide) groups is 1. The molecule has 43 heavy (non-hydrogen) atoms. The molecule has 2 bridgehead atoms. The number of aliphatic hydroxyl groups excluding tert-OH is 1. The van der Waals surface area contributed by atoms with Crippen molar-refractivity contribution in [2.24, 2.45) is 11.8 Å². The van der Waals surface area contributed by atoms with Gasteiger partial charge in [0.1, 0.15) is 6.04 Å². The molecular weight excluding hydrogens is 558 g/mol. The van der Waals surface area contributed by atoms with Crippen LogP contribution >= 0.6 is 11.8 Å². The largest absolute Gasteiger partial charge is 0.395 e. The Hall–Kier alpha value is -3.88. The van der Waals surface area contributed by atoms with Gasteiger partial charge in [-0.3, -0.25) is 14.4 Å². The molecule has 0 aromatic heterocycles. The van der Waals surface area contributed by atoms with Crippen molar-refractivity contribution in [2.75, 3.05) is 31.1 Å². The fourth-order valence-electron chi connectivity index (χ4n) is 7.41. The zero-order chi connectivity index (χ0) is 30.1. The third-order valence-electron chi connectivity index (χ3n) is 9.16. The lowest BCUT2D eigenvalue weighted by molar-refractivity contribution is -0.144. The van der Waals surface area contributed by atoms with Gasteiger partial charge in [0.15, 0.2) is 0 Å². The number of carbonyl (C=O) groups excluding carboxylic acids is 3. The highest BCUT2D eigenvalue weighted by molar-refractivity contribution is 8.02. The predicted octanol–water partition coefficient (Wildman–Crippen LogP) is 4.66. The van der Waals surface area contributed by atoms with E-state index in [0.29, 0.717) is 19.5 Å². The van der Waals surface area contributed by atoms with Crippen LogP contribution in [0.3, 0.4) is 0 Å². The third-order valence-corrected chi connectivity index (χ3v) is 11.1. The van der Waals surface area contributed by atoms with Crippen LogP contribution in [0.4, 0.5) is 5.69 Å². The second kappa shape index (κ2) is 12.0. The van der Waals surface area contributed by atoms with Crippen LogP contribution in [-0.2, 0) is 20.9 Å². The summed E-state index contributed by atoms with van der Waals surface area (Å²) in [5.74, 6) is -1.66. The van der Waals surface area contributed by atoms with Gasteiger partial charge in [-0.1, -0.05) is 72.8 Å². The van der Waals surface area contributed by atoms with Gasteiger partial charge in [-0.05, 0) is 41.3 Å². The van der Waals surface area contributed by atoms with Crippen LogP contribution in [0.25, 0.3) is 10.8 Å². The van der Waals surface area contributed by atoms with Gasteiger partial charge in [0.05, 0.1) is 23.2 Å². The number of hydrogen-bond acceptors (Lipinski definition) is 5. The number of likely N-dealkylation sites (tertiary alicyclic amines) is 1. The van der Waals surface area contributed by atoms with Gasteiger partial charge in [0.25, 0.3) is 5.91 Å². The van der Waals surface area contributed by atoms with E-state index < -0.39 is 22.6 Å². The lowest BCUT2D eigenvalue weighted by Crippen LogP contribution is -2.55. The quantitative estimate of drug-likeness (QED) is 0.327.